The van der Waals surface area contributed by atoms with Gasteiger partial charge < -0.3 is 4.74 Å². The molecule has 0 saturated heterocycles. The zero-order valence-corrected chi connectivity index (χ0v) is 13.0. The molecule has 0 unspecified atom stereocenters. The number of hydrogen-bond donors (Lipinski definition) is 0. The summed E-state index contributed by atoms with van der Waals surface area (Å²) < 4.78 is 6.99. The van der Waals surface area contributed by atoms with E-state index in [1.807, 2.05) is 43.3 Å². The highest BCUT2D eigenvalue weighted by atomic mass is 16.5. The number of ether oxygens (including phenoxy) is 1. The van der Waals surface area contributed by atoms with Crippen molar-refractivity contribution in [2.24, 2.45) is 0 Å². The lowest BCUT2D eigenvalue weighted by Crippen LogP contribution is -2.08. The number of para-hydroxylation sites is 2. The van der Waals surface area contributed by atoms with Crippen molar-refractivity contribution in [1.82, 2.24) is 9.55 Å². The second-order valence-electron chi connectivity index (χ2n) is 5.15. The molecule has 3 rings (SSSR count). The maximum atomic E-state index is 11.9. The fourth-order valence-corrected chi connectivity index (χ4v) is 2.78. The third kappa shape index (κ3) is 2.17. The number of aromatic nitrogens is 2. The van der Waals surface area contributed by atoms with Crippen molar-refractivity contribution < 1.29 is 9.53 Å². The van der Waals surface area contributed by atoms with Crippen LogP contribution in [-0.2, 0) is 11.2 Å². The monoisotopic (exact) mass is 294 g/mol. The minimum absolute atomic E-state index is 0.318. The van der Waals surface area contributed by atoms with Crippen molar-refractivity contribution in [3.05, 3.63) is 59.4 Å². The van der Waals surface area contributed by atoms with Crippen LogP contribution in [0.3, 0.4) is 0 Å². The molecule has 0 radical (unpaired) electrons. The highest BCUT2D eigenvalue weighted by Crippen LogP contribution is 2.26. The van der Waals surface area contributed by atoms with Gasteiger partial charge in [-0.05, 0) is 36.8 Å². The molecule has 1 heterocycles. The van der Waals surface area contributed by atoms with Crippen LogP contribution >= 0.6 is 0 Å². The molecular weight excluding hydrogens is 276 g/mol. The Balaban J connectivity index is 2.30. The number of carbonyl (C=O) groups is 1. The van der Waals surface area contributed by atoms with E-state index in [-0.39, 0.29) is 5.97 Å². The molecule has 0 amide bonds. The molecule has 0 saturated carbocycles. The van der Waals surface area contributed by atoms with Gasteiger partial charge in [0.05, 0.1) is 29.4 Å². The summed E-state index contributed by atoms with van der Waals surface area (Å²) in [5, 5.41) is 0. The standard InChI is InChI=1S/C18H18N2O2/c1-4-17-19-14-9-5-6-10-16(14)20(17)15-11-7-8-13(12(15)2)18(21)22-3/h5-11H,4H2,1-3H3. The Morgan fingerprint density at radius 2 is 1.95 bits per heavy atom. The highest BCUT2D eigenvalue weighted by molar-refractivity contribution is 5.92. The summed E-state index contributed by atoms with van der Waals surface area (Å²) >= 11 is 0. The number of nitrogens with zero attached hydrogens (tertiary/aromatic N) is 2. The first-order valence-electron chi connectivity index (χ1n) is 7.32. The van der Waals surface area contributed by atoms with Gasteiger partial charge in [-0.3, -0.25) is 4.57 Å². The van der Waals surface area contributed by atoms with Crippen molar-refractivity contribution in [1.29, 1.82) is 0 Å². The first-order valence-corrected chi connectivity index (χ1v) is 7.32. The number of fused-ring (bicyclic) bond motifs is 1. The smallest absolute Gasteiger partial charge is 0.338 e. The molecule has 4 heteroatoms. The first-order chi connectivity index (χ1) is 10.7. The SMILES string of the molecule is CCc1nc2ccccc2n1-c1cccc(C(=O)OC)c1C. The lowest BCUT2D eigenvalue weighted by atomic mass is 10.1. The van der Waals surface area contributed by atoms with Crippen LogP contribution in [0.1, 0.15) is 28.7 Å². The molecular formula is C18H18N2O2. The number of rotatable bonds is 3. The third-order valence-electron chi connectivity index (χ3n) is 3.90. The second-order valence-corrected chi connectivity index (χ2v) is 5.15. The Morgan fingerprint density at radius 1 is 1.18 bits per heavy atom. The van der Waals surface area contributed by atoms with E-state index in [0.29, 0.717) is 5.56 Å². The van der Waals surface area contributed by atoms with Crippen molar-refractivity contribution in [2.45, 2.75) is 20.3 Å². The zero-order chi connectivity index (χ0) is 15.7. The molecule has 0 bridgehead atoms. The first kappa shape index (κ1) is 14.3. The molecule has 4 nitrogen and oxygen atoms in total. The molecule has 22 heavy (non-hydrogen) atoms. The Kier molecular flexibility index (Phi) is 3.67. The van der Waals surface area contributed by atoms with E-state index in [0.717, 1.165) is 34.5 Å². The predicted octanol–water partition coefficient (Wildman–Crippen LogP) is 3.68. The van der Waals surface area contributed by atoms with Crippen LogP contribution in [-0.4, -0.2) is 22.6 Å². The van der Waals surface area contributed by atoms with E-state index in [2.05, 4.69) is 11.5 Å². The molecule has 0 spiro atoms. The van der Waals surface area contributed by atoms with Crippen LogP contribution < -0.4 is 0 Å². The lowest BCUT2D eigenvalue weighted by molar-refractivity contribution is 0.0600. The van der Waals surface area contributed by atoms with E-state index >= 15 is 0 Å². The van der Waals surface area contributed by atoms with Crippen LogP contribution in [0, 0.1) is 6.92 Å². The third-order valence-corrected chi connectivity index (χ3v) is 3.90. The van der Waals surface area contributed by atoms with Crippen LogP contribution in [0.25, 0.3) is 16.7 Å². The summed E-state index contributed by atoms with van der Waals surface area (Å²) in [6.45, 7) is 4.02. The van der Waals surface area contributed by atoms with Gasteiger partial charge in [0.25, 0.3) is 0 Å². The Hall–Kier alpha value is -2.62. The topological polar surface area (TPSA) is 44.1 Å². The molecule has 3 aromatic rings. The quantitative estimate of drug-likeness (QED) is 0.692. The van der Waals surface area contributed by atoms with E-state index in [4.69, 9.17) is 9.72 Å². The van der Waals surface area contributed by atoms with Crippen molar-refractivity contribution in [3.8, 4) is 5.69 Å². The van der Waals surface area contributed by atoms with Gasteiger partial charge in [0.15, 0.2) is 0 Å². The summed E-state index contributed by atoms with van der Waals surface area (Å²) in [7, 11) is 1.40. The Bertz CT molecular complexity index is 849. The van der Waals surface area contributed by atoms with Gasteiger partial charge in [-0.2, -0.15) is 0 Å². The van der Waals surface area contributed by atoms with Crippen molar-refractivity contribution >= 4 is 17.0 Å². The lowest BCUT2D eigenvalue weighted by Gasteiger charge is -2.14. The molecule has 0 N–H and O–H groups in total. The largest absolute Gasteiger partial charge is 0.465 e. The van der Waals surface area contributed by atoms with Gasteiger partial charge in [-0.25, -0.2) is 9.78 Å². The molecule has 0 atom stereocenters. The fourth-order valence-electron chi connectivity index (χ4n) is 2.78. The van der Waals surface area contributed by atoms with Crippen LogP contribution in [0.15, 0.2) is 42.5 Å². The van der Waals surface area contributed by atoms with E-state index in [1.165, 1.54) is 7.11 Å². The summed E-state index contributed by atoms with van der Waals surface area (Å²) in [6, 6.07) is 13.7. The van der Waals surface area contributed by atoms with Crippen LogP contribution in [0.2, 0.25) is 0 Å². The van der Waals surface area contributed by atoms with E-state index in [1.54, 1.807) is 6.07 Å². The van der Waals surface area contributed by atoms with Gasteiger partial charge in [0.1, 0.15) is 5.82 Å². The molecule has 2 aromatic carbocycles. The molecule has 112 valence electrons. The number of carbonyl (C=O) groups excluding carboxylic acids is 1. The van der Waals surface area contributed by atoms with E-state index in [9.17, 15) is 4.79 Å². The number of benzene rings is 2. The Morgan fingerprint density at radius 3 is 2.68 bits per heavy atom. The van der Waals surface area contributed by atoms with Gasteiger partial charge in [0.2, 0.25) is 0 Å². The van der Waals surface area contributed by atoms with Crippen molar-refractivity contribution in [3.63, 3.8) is 0 Å². The van der Waals surface area contributed by atoms with E-state index < -0.39 is 0 Å². The van der Waals surface area contributed by atoms with Crippen LogP contribution in [0.5, 0.6) is 0 Å². The number of hydrogen-bond acceptors (Lipinski definition) is 3. The van der Waals surface area contributed by atoms with Gasteiger partial charge in [-0.15, -0.1) is 0 Å². The average molecular weight is 294 g/mol. The molecule has 0 aliphatic rings. The predicted molar refractivity (Wildman–Crippen MR) is 86.5 cm³/mol. The van der Waals surface area contributed by atoms with Gasteiger partial charge in [-0.1, -0.05) is 25.1 Å². The fraction of sp³-hybridized carbons (Fsp3) is 0.222. The summed E-state index contributed by atoms with van der Waals surface area (Å²) in [5.41, 5.74) is 4.45. The summed E-state index contributed by atoms with van der Waals surface area (Å²) in [5.74, 6) is 0.660. The normalized spacial score (nSPS) is 10.9. The number of imidazole rings is 1. The summed E-state index contributed by atoms with van der Waals surface area (Å²) in [6.07, 6.45) is 0.816. The van der Waals surface area contributed by atoms with Crippen LogP contribution in [0.4, 0.5) is 0 Å². The highest BCUT2D eigenvalue weighted by Gasteiger charge is 2.16. The molecule has 0 aliphatic heterocycles. The number of esters is 1. The molecule has 0 aliphatic carbocycles. The minimum Gasteiger partial charge on any atom is -0.465 e. The zero-order valence-electron chi connectivity index (χ0n) is 13.0. The maximum absolute atomic E-state index is 11.9. The second kappa shape index (κ2) is 5.64. The summed E-state index contributed by atoms with van der Waals surface area (Å²) in [4.78, 5) is 16.6. The Labute approximate surface area is 129 Å². The van der Waals surface area contributed by atoms with Gasteiger partial charge in [0, 0.05) is 6.42 Å². The molecule has 1 aromatic heterocycles. The van der Waals surface area contributed by atoms with Gasteiger partial charge >= 0.3 is 5.97 Å². The number of methoxy groups -OCH3 is 1. The number of aryl methyl sites for hydroxylation is 1. The molecule has 0 fully saturated rings. The average Bonchev–Trinajstić information content (AvgIpc) is 2.93. The maximum Gasteiger partial charge on any atom is 0.338 e. The van der Waals surface area contributed by atoms with Crippen molar-refractivity contribution in [2.75, 3.05) is 7.11 Å². The minimum atomic E-state index is -0.318.